The van der Waals surface area contributed by atoms with Crippen molar-refractivity contribution in [1.82, 2.24) is 4.57 Å². The SMILES string of the molecule is CC(C)c1ccc(OCC(=O)N=Nc2c(O)n(C)c3ccccc23)cc1. The molecule has 1 heterocycles. The average Bonchev–Trinajstić information content (AvgIpc) is 2.89. The van der Waals surface area contributed by atoms with Crippen molar-refractivity contribution < 1.29 is 14.6 Å². The second kappa shape index (κ2) is 7.39. The van der Waals surface area contributed by atoms with Crippen LogP contribution in [0.1, 0.15) is 25.3 Å². The number of para-hydroxylation sites is 1. The van der Waals surface area contributed by atoms with Gasteiger partial charge in [-0.05, 0) is 29.7 Å². The van der Waals surface area contributed by atoms with E-state index in [-0.39, 0.29) is 18.2 Å². The van der Waals surface area contributed by atoms with Gasteiger partial charge in [-0.25, -0.2) is 0 Å². The zero-order chi connectivity index (χ0) is 18.7. The maximum Gasteiger partial charge on any atom is 0.302 e. The van der Waals surface area contributed by atoms with Gasteiger partial charge in [0.1, 0.15) is 5.75 Å². The largest absolute Gasteiger partial charge is 0.493 e. The molecule has 134 valence electrons. The van der Waals surface area contributed by atoms with Crippen molar-refractivity contribution >= 4 is 22.5 Å². The summed E-state index contributed by atoms with van der Waals surface area (Å²) in [5.41, 5.74) is 2.29. The van der Waals surface area contributed by atoms with Crippen LogP contribution in [-0.4, -0.2) is 22.2 Å². The van der Waals surface area contributed by atoms with Crippen LogP contribution in [0.15, 0.2) is 58.8 Å². The number of nitrogens with zero attached hydrogens (tertiary/aromatic N) is 3. The maximum absolute atomic E-state index is 11.9. The van der Waals surface area contributed by atoms with Crippen molar-refractivity contribution in [3.8, 4) is 11.6 Å². The molecule has 3 rings (SSSR count). The lowest BCUT2D eigenvalue weighted by molar-refractivity contribution is -0.120. The molecule has 0 saturated heterocycles. The predicted octanol–water partition coefficient (Wildman–Crippen LogP) is 4.70. The van der Waals surface area contributed by atoms with Gasteiger partial charge in [0, 0.05) is 12.4 Å². The van der Waals surface area contributed by atoms with Crippen molar-refractivity contribution in [3.63, 3.8) is 0 Å². The second-order valence-electron chi connectivity index (χ2n) is 6.35. The number of aryl methyl sites for hydroxylation is 1. The lowest BCUT2D eigenvalue weighted by atomic mass is 10.0. The van der Waals surface area contributed by atoms with Gasteiger partial charge < -0.3 is 14.4 Å². The second-order valence-corrected chi connectivity index (χ2v) is 6.35. The lowest BCUT2D eigenvalue weighted by Gasteiger charge is -2.07. The molecule has 1 aromatic heterocycles. The number of carbonyl (C=O) groups is 1. The van der Waals surface area contributed by atoms with E-state index in [1.165, 1.54) is 5.56 Å². The molecule has 0 aliphatic rings. The summed E-state index contributed by atoms with van der Waals surface area (Å²) in [5, 5.41) is 18.5. The number of rotatable bonds is 5. The first kappa shape index (κ1) is 17.7. The summed E-state index contributed by atoms with van der Waals surface area (Å²) in [6, 6.07) is 15.0. The topological polar surface area (TPSA) is 76.2 Å². The summed E-state index contributed by atoms with van der Waals surface area (Å²) in [5.74, 6) is 0.483. The third kappa shape index (κ3) is 3.59. The van der Waals surface area contributed by atoms with E-state index in [0.29, 0.717) is 11.7 Å². The summed E-state index contributed by atoms with van der Waals surface area (Å²) in [6.45, 7) is 4.01. The molecule has 1 amide bonds. The number of hydrogen-bond acceptors (Lipinski definition) is 4. The van der Waals surface area contributed by atoms with Gasteiger partial charge in [-0.15, -0.1) is 10.2 Å². The van der Waals surface area contributed by atoms with Gasteiger partial charge in [-0.2, -0.15) is 0 Å². The standard InChI is InChI=1S/C20H21N3O3/c1-13(2)14-8-10-15(11-9-14)26-12-18(24)21-22-19-16-6-4-5-7-17(16)23(3)20(19)25/h4-11,13,25H,12H2,1-3H3. The summed E-state index contributed by atoms with van der Waals surface area (Å²) in [7, 11) is 1.72. The number of aromatic hydroxyl groups is 1. The van der Waals surface area contributed by atoms with Crippen LogP contribution in [0.4, 0.5) is 5.69 Å². The number of ether oxygens (including phenoxy) is 1. The molecule has 6 heteroatoms. The molecule has 0 aliphatic carbocycles. The van der Waals surface area contributed by atoms with Crippen LogP contribution < -0.4 is 4.74 Å². The molecule has 1 N–H and O–H groups in total. The van der Waals surface area contributed by atoms with Crippen LogP contribution in [0.3, 0.4) is 0 Å². The molecule has 0 aliphatic heterocycles. The predicted molar refractivity (Wildman–Crippen MR) is 100 cm³/mol. The van der Waals surface area contributed by atoms with Crippen molar-refractivity contribution in [2.45, 2.75) is 19.8 Å². The third-order valence-electron chi connectivity index (χ3n) is 4.22. The third-order valence-corrected chi connectivity index (χ3v) is 4.22. The first-order valence-corrected chi connectivity index (χ1v) is 8.41. The van der Waals surface area contributed by atoms with E-state index in [1.807, 2.05) is 48.5 Å². The Morgan fingerprint density at radius 3 is 2.54 bits per heavy atom. The van der Waals surface area contributed by atoms with E-state index in [2.05, 4.69) is 24.1 Å². The van der Waals surface area contributed by atoms with E-state index in [9.17, 15) is 9.90 Å². The molecule has 0 radical (unpaired) electrons. The molecular weight excluding hydrogens is 330 g/mol. The highest BCUT2D eigenvalue weighted by Crippen LogP contribution is 2.37. The molecule has 0 atom stereocenters. The Hall–Kier alpha value is -3.15. The smallest absolute Gasteiger partial charge is 0.302 e. The first-order chi connectivity index (χ1) is 12.5. The quantitative estimate of drug-likeness (QED) is 0.677. The van der Waals surface area contributed by atoms with E-state index in [1.54, 1.807) is 11.6 Å². The first-order valence-electron chi connectivity index (χ1n) is 8.41. The minimum absolute atomic E-state index is 0.0343. The number of hydrogen-bond donors (Lipinski definition) is 1. The van der Waals surface area contributed by atoms with Crippen LogP contribution in [-0.2, 0) is 11.8 Å². The van der Waals surface area contributed by atoms with Crippen molar-refractivity contribution in [2.24, 2.45) is 17.3 Å². The Kier molecular flexibility index (Phi) is 5.02. The van der Waals surface area contributed by atoms with Gasteiger partial charge in [0.15, 0.2) is 12.3 Å². The Bertz CT molecular complexity index is 956. The van der Waals surface area contributed by atoms with E-state index >= 15 is 0 Å². The molecule has 6 nitrogen and oxygen atoms in total. The number of benzene rings is 2. The van der Waals surface area contributed by atoms with Crippen LogP contribution in [0.2, 0.25) is 0 Å². The van der Waals surface area contributed by atoms with Crippen LogP contribution in [0, 0.1) is 0 Å². The molecule has 3 aromatic rings. The summed E-state index contributed by atoms with van der Waals surface area (Å²) in [4.78, 5) is 11.9. The summed E-state index contributed by atoms with van der Waals surface area (Å²) in [6.07, 6.45) is 0. The van der Waals surface area contributed by atoms with Crippen LogP contribution in [0.5, 0.6) is 11.6 Å². The van der Waals surface area contributed by atoms with Crippen LogP contribution in [0.25, 0.3) is 10.9 Å². The van der Waals surface area contributed by atoms with Crippen molar-refractivity contribution in [2.75, 3.05) is 6.61 Å². The van der Waals surface area contributed by atoms with Crippen LogP contribution >= 0.6 is 0 Å². The number of carbonyl (C=O) groups excluding carboxylic acids is 1. The van der Waals surface area contributed by atoms with Gasteiger partial charge in [0.2, 0.25) is 5.88 Å². The fraction of sp³-hybridized carbons (Fsp3) is 0.250. The molecule has 26 heavy (non-hydrogen) atoms. The van der Waals surface area contributed by atoms with E-state index in [0.717, 1.165) is 10.9 Å². The summed E-state index contributed by atoms with van der Waals surface area (Å²) >= 11 is 0. The average molecular weight is 351 g/mol. The zero-order valence-corrected chi connectivity index (χ0v) is 15.0. The molecule has 0 fully saturated rings. The Labute approximate surface area is 151 Å². The number of fused-ring (bicyclic) bond motifs is 1. The Morgan fingerprint density at radius 1 is 1.15 bits per heavy atom. The van der Waals surface area contributed by atoms with Gasteiger partial charge >= 0.3 is 5.91 Å². The maximum atomic E-state index is 11.9. The van der Waals surface area contributed by atoms with Gasteiger partial charge in [0.05, 0.1) is 5.52 Å². The molecule has 0 spiro atoms. The normalized spacial score (nSPS) is 11.5. The monoisotopic (exact) mass is 351 g/mol. The van der Waals surface area contributed by atoms with Crippen molar-refractivity contribution in [1.29, 1.82) is 0 Å². The number of azo groups is 1. The minimum Gasteiger partial charge on any atom is -0.493 e. The molecule has 2 aromatic carbocycles. The van der Waals surface area contributed by atoms with E-state index in [4.69, 9.17) is 4.74 Å². The highest BCUT2D eigenvalue weighted by Gasteiger charge is 2.14. The molecule has 0 saturated carbocycles. The molecule has 0 unspecified atom stereocenters. The minimum atomic E-state index is -0.523. The fourth-order valence-corrected chi connectivity index (χ4v) is 2.69. The van der Waals surface area contributed by atoms with Crippen molar-refractivity contribution in [3.05, 3.63) is 54.1 Å². The lowest BCUT2D eigenvalue weighted by Crippen LogP contribution is -2.07. The van der Waals surface area contributed by atoms with Gasteiger partial charge in [0.25, 0.3) is 0 Å². The van der Waals surface area contributed by atoms with Gasteiger partial charge in [-0.3, -0.25) is 4.79 Å². The highest BCUT2D eigenvalue weighted by molar-refractivity contribution is 5.95. The Balaban J connectivity index is 1.68. The Morgan fingerprint density at radius 2 is 1.85 bits per heavy atom. The highest BCUT2D eigenvalue weighted by atomic mass is 16.5. The number of aromatic nitrogens is 1. The fourth-order valence-electron chi connectivity index (χ4n) is 2.69. The van der Waals surface area contributed by atoms with E-state index < -0.39 is 5.91 Å². The number of amides is 1. The molecular formula is C20H21N3O3. The molecule has 0 bridgehead atoms. The summed E-state index contributed by atoms with van der Waals surface area (Å²) < 4.78 is 7.04. The van der Waals surface area contributed by atoms with Gasteiger partial charge in [-0.1, -0.05) is 44.2 Å². The zero-order valence-electron chi connectivity index (χ0n) is 15.0.